The van der Waals surface area contributed by atoms with E-state index in [0.29, 0.717) is 27.9 Å². The van der Waals surface area contributed by atoms with Crippen LogP contribution in [0.15, 0.2) is 53.4 Å². The van der Waals surface area contributed by atoms with Crippen LogP contribution >= 0.6 is 24.0 Å². The molecule has 0 aliphatic carbocycles. The molecule has 0 unspecified atom stereocenters. The quantitative estimate of drug-likeness (QED) is 0.270. The summed E-state index contributed by atoms with van der Waals surface area (Å²) < 4.78 is 0.551. The van der Waals surface area contributed by atoms with Crippen molar-refractivity contribution >= 4 is 51.4 Å². The molecular weight excluding hydrogens is 436 g/mol. The van der Waals surface area contributed by atoms with Gasteiger partial charge in [0.2, 0.25) is 0 Å². The number of hydrogen-bond donors (Lipinski definition) is 0. The maximum Gasteiger partial charge on any atom is 0.267 e. The van der Waals surface area contributed by atoms with Gasteiger partial charge in [-0.2, -0.15) is 0 Å². The maximum absolute atomic E-state index is 13.6. The molecule has 4 nitrogen and oxygen atoms in total. The van der Waals surface area contributed by atoms with Crippen LogP contribution in [0, 0.1) is 6.92 Å². The molecule has 0 bridgehead atoms. The minimum absolute atomic E-state index is 0.129. The number of thioether (sulfide) groups is 1. The van der Waals surface area contributed by atoms with Crippen molar-refractivity contribution in [1.82, 2.24) is 4.90 Å². The van der Waals surface area contributed by atoms with Gasteiger partial charge in [-0.15, -0.1) is 0 Å². The average molecular weight is 465 g/mol. The van der Waals surface area contributed by atoms with Crippen molar-refractivity contribution in [3.8, 4) is 0 Å². The van der Waals surface area contributed by atoms with Crippen molar-refractivity contribution in [3.05, 3.63) is 70.1 Å². The fourth-order valence-electron chi connectivity index (χ4n) is 4.15. The molecule has 0 saturated carbocycles. The van der Waals surface area contributed by atoms with Crippen molar-refractivity contribution in [1.29, 1.82) is 0 Å². The molecule has 166 valence electrons. The second-order valence-corrected chi connectivity index (χ2v) is 9.98. The highest BCUT2D eigenvalue weighted by molar-refractivity contribution is 8.26. The van der Waals surface area contributed by atoms with Crippen LogP contribution in [-0.4, -0.2) is 27.6 Å². The Labute approximate surface area is 199 Å². The number of thiocarbonyl (C=S) groups is 1. The molecule has 6 heteroatoms. The van der Waals surface area contributed by atoms with Crippen molar-refractivity contribution < 1.29 is 9.59 Å². The Hall–Kier alpha value is -2.44. The number of para-hydroxylation sites is 1. The normalized spacial score (nSPS) is 18.1. The molecule has 2 aliphatic heterocycles. The number of aryl methyl sites for hydroxylation is 1. The molecule has 0 N–H and O–H groups in total. The molecule has 0 spiro atoms. The van der Waals surface area contributed by atoms with Crippen LogP contribution in [0.2, 0.25) is 0 Å². The largest absolute Gasteiger partial charge is 0.303 e. The van der Waals surface area contributed by atoms with Gasteiger partial charge in [0.05, 0.1) is 22.7 Å². The van der Waals surface area contributed by atoms with E-state index in [-0.39, 0.29) is 11.8 Å². The molecule has 1 fully saturated rings. The van der Waals surface area contributed by atoms with E-state index in [4.69, 9.17) is 12.2 Å². The van der Waals surface area contributed by atoms with Crippen LogP contribution in [-0.2, 0) is 16.1 Å². The molecule has 0 atom stereocenters. The highest BCUT2D eigenvalue weighted by Crippen LogP contribution is 2.45. The third kappa shape index (κ3) is 4.52. The number of fused-ring (bicyclic) bond motifs is 1. The first-order valence-electron chi connectivity index (χ1n) is 11.3. The lowest BCUT2D eigenvalue weighted by molar-refractivity contribution is -0.122. The molecule has 2 heterocycles. The predicted molar refractivity (Wildman–Crippen MR) is 136 cm³/mol. The summed E-state index contributed by atoms with van der Waals surface area (Å²) in [6.45, 7) is 5.32. The van der Waals surface area contributed by atoms with Crippen LogP contribution in [0.3, 0.4) is 0 Å². The zero-order valence-electron chi connectivity index (χ0n) is 18.6. The Morgan fingerprint density at radius 3 is 2.34 bits per heavy atom. The van der Waals surface area contributed by atoms with Crippen molar-refractivity contribution in [2.24, 2.45) is 0 Å². The van der Waals surface area contributed by atoms with E-state index >= 15 is 0 Å². The number of carbonyl (C=O) groups excluding carboxylic acids is 2. The van der Waals surface area contributed by atoms with Crippen molar-refractivity contribution in [3.63, 3.8) is 0 Å². The molecule has 4 rings (SSSR count). The van der Waals surface area contributed by atoms with Gasteiger partial charge in [-0.3, -0.25) is 14.5 Å². The molecule has 1 saturated heterocycles. The monoisotopic (exact) mass is 464 g/mol. The average Bonchev–Trinajstić information content (AvgIpc) is 3.22. The minimum atomic E-state index is -0.133. The molecule has 2 aromatic carbocycles. The number of unbranched alkanes of at least 4 members (excludes halogenated alkanes) is 4. The lowest BCUT2D eigenvalue weighted by Gasteiger charge is -2.17. The smallest absolute Gasteiger partial charge is 0.267 e. The third-order valence-electron chi connectivity index (χ3n) is 5.95. The van der Waals surface area contributed by atoms with Crippen molar-refractivity contribution in [2.45, 2.75) is 52.5 Å². The van der Waals surface area contributed by atoms with Gasteiger partial charge in [0, 0.05) is 12.1 Å². The molecule has 0 radical (unpaired) electrons. The fraction of sp³-hybridized carbons (Fsp3) is 0.346. The number of rotatable bonds is 8. The second kappa shape index (κ2) is 10.0. The number of anilines is 1. The van der Waals surface area contributed by atoms with Gasteiger partial charge in [-0.1, -0.05) is 105 Å². The Morgan fingerprint density at radius 2 is 1.59 bits per heavy atom. The third-order valence-corrected chi connectivity index (χ3v) is 7.39. The van der Waals surface area contributed by atoms with Crippen LogP contribution in [0.5, 0.6) is 0 Å². The summed E-state index contributed by atoms with van der Waals surface area (Å²) in [5.41, 5.74) is 4.38. The lowest BCUT2D eigenvalue weighted by Crippen LogP contribution is -2.30. The van der Waals surface area contributed by atoms with E-state index in [1.54, 1.807) is 9.80 Å². The first-order chi connectivity index (χ1) is 15.5. The van der Waals surface area contributed by atoms with E-state index < -0.39 is 0 Å². The maximum atomic E-state index is 13.6. The SMILES string of the molecule is CCCCCCCN1C(=O)C(=C2C(=O)N(Cc3ccc(C)cc3)c3ccccc32)SC1=S. The van der Waals surface area contributed by atoms with E-state index in [2.05, 4.69) is 6.92 Å². The first-order valence-corrected chi connectivity index (χ1v) is 12.5. The van der Waals surface area contributed by atoms with E-state index in [0.717, 1.165) is 29.7 Å². The minimum Gasteiger partial charge on any atom is -0.303 e. The number of benzene rings is 2. The van der Waals surface area contributed by atoms with Crippen molar-refractivity contribution in [2.75, 3.05) is 11.4 Å². The van der Waals surface area contributed by atoms with Gasteiger partial charge in [-0.25, -0.2) is 0 Å². The van der Waals surface area contributed by atoms with Gasteiger partial charge < -0.3 is 4.90 Å². The summed E-state index contributed by atoms with van der Waals surface area (Å²) in [5.74, 6) is -0.263. The Balaban J connectivity index is 1.60. The number of hydrogen-bond acceptors (Lipinski definition) is 4. The van der Waals surface area contributed by atoms with Gasteiger partial charge in [-0.05, 0) is 25.0 Å². The molecular formula is C26H28N2O2S2. The standard InChI is InChI=1S/C26H28N2O2S2/c1-3-4-5-6-9-16-27-25(30)23(32-26(27)31)22-20-10-7-8-11-21(20)28(24(22)29)17-19-14-12-18(2)13-15-19/h7-8,10-15H,3-6,9,16-17H2,1-2H3. The number of amides is 2. The number of nitrogens with zero attached hydrogens (tertiary/aromatic N) is 2. The first kappa shape index (κ1) is 22.7. The summed E-state index contributed by atoms with van der Waals surface area (Å²) in [4.78, 5) is 30.7. The summed E-state index contributed by atoms with van der Waals surface area (Å²) in [5, 5.41) is 0. The molecule has 2 aromatic rings. The second-order valence-electron chi connectivity index (χ2n) is 8.34. The van der Waals surface area contributed by atoms with E-state index in [1.807, 2.05) is 55.5 Å². The summed E-state index contributed by atoms with van der Waals surface area (Å²) >= 11 is 6.79. The number of carbonyl (C=O) groups is 2. The zero-order valence-corrected chi connectivity index (χ0v) is 20.2. The van der Waals surface area contributed by atoms with Crippen LogP contribution in [0.4, 0.5) is 5.69 Å². The summed E-state index contributed by atoms with van der Waals surface area (Å²) in [6.07, 6.45) is 5.59. The van der Waals surface area contributed by atoms with E-state index in [9.17, 15) is 9.59 Å². The Morgan fingerprint density at radius 1 is 0.875 bits per heavy atom. The van der Waals surface area contributed by atoms with Gasteiger partial charge in [0.25, 0.3) is 11.8 Å². The zero-order chi connectivity index (χ0) is 22.7. The predicted octanol–water partition coefficient (Wildman–Crippen LogP) is 6.08. The van der Waals surface area contributed by atoms with Crippen LogP contribution in [0.25, 0.3) is 5.57 Å². The van der Waals surface area contributed by atoms with E-state index in [1.165, 1.54) is 36.6 Å². The molecule has 2 amide bonds. The summed E-state index contributed by atoms with van der Waals surface area (Å²) in [6, 6.07) is 15.9. The summed E-state index contributed by atoms with van der Waals surface area (Å²) in [7, 11) is 0. The Bertz CT molecular complexity index is 1080. The molecule has 0 aromatic heterocycles. The Kier molecular flexibility index (Phi) is 7.11. The van der Waals surface area contributed by atoms with Gasteiger partial charge in [0.1, 0.15) is 4.32 Å². The fourth-order valence-corrected chi connectivity index (χ4v) is 5.53. The highest BCUT2D eigenvalue weighted by Gasteiger charge is 2.41. The van der Waals surface area contributed by atoms with Crippen LogP contribution < -0.4 is 4.90 Å². The topological polar surface area (TPSA) is 40.6 Å². The van der Waals surface area contributed by atoms with Gasteiger partial charge >= 0.3 is 0 Å². The highest BCUT2D eigenvalue weighted by atomic mass is 32.2. The molecule has 32 heavy (non-hydrogen) atoms. The lowest BCUT2D eigenvalue weighted by atomic mass is 10.1. The molecule has 2 aliphatic rings. The van der Waals surface area contributed by atoms with Crippen LogP contribution in [0.1, 0.15) is 55.7 Å². The van der Waals surface area contributed by atoms with Gasteiger partial charge in [0.15, 0.2) is 0 Å².